The van der Waals surface area contributed by atoms with Gasteiger partial charge in [-0.3, -0.25) is 4.79 Å². The van der Waals surface area contributed by atoms with Crippen LogP contribution in [0.5, 0.6) is 0 Å². The Bertz CT molecular complexity index is 697. The van der Waals surface area contributed by atoms with Crippen LogP contribution in [0.15, 0.2) is 24.3 Å². The fourth-order valence-corrected chi connectivity index (χ4v) is 2.53. The molecule has 0 aliphatic rings. The van der Waals surface area contributed by atoms with Crippen molar-refractivity contribution in [2.75, 3.05) is 35.8 Å². The van der Waals surface area contributed by atoms with Crippen molar-refractivity contribution in [1.82, 2.24) is 15.0 Å². The quantitative estimate of drug-likeness (QED) is 0.821. The number of hydrogen-bond donors (Lipinski definition) is 2. The van der Waals surface area contributed by atoms with Crippen LogP contribution in [0.2, 0.25) is 5.02 Å². The fourth-order valence-electron chi connectivity index (χ4n) is 1.67. The summed E-state index contributed by atoms with van der Waals surface area (Å²) in [6.45, 7) is 0. The standard InChI is InChI=1S/C14H17ClN6OS/c1-21(2)14-19-11(18-13(16)20-14)7-23-8-12(22)17-10-6-4-3-5-9(10)15/h3-6H,7-8H2,1-2H3,(H,17,22)(H2,16,18,19,20). The summed E-state index contributed by atoms with van der Waals surface area (Å²) in [6, 6.07) is 7.09. The maximum Gasteiger partial charge on any atom is 0.234 e. The van der Waals surface area contributed by atoms with Crippen LogP contribution in [-0.4, -0.2) is 40.7 Å². The molecule has 0 saturated carbocycles. The minimum absolute atomic E-state index is 0.141. The van der Waals surface area contributed by atoms with E-state index in [4.69, 9.17) is 17.3 Å². The molecule has 122 valence electrons. The first-order chi connectivity index (χ1) is 11.0. The summed E-state index contributed by atoms with van der Waals surface area (Å²) in [7, 11) is 3.64. The molecule has 1 aromatic heterocycles. The minimum atomic E-state index is -0.141. The third-order valence-corrected chi connectivity index (χ3v) is 3.96. The lowest BCUT2D eigenvalue weighted by atomic mass is 10.3. The summed E-state index contributed by atoms with van der Waals surface area (Å²) < 4.78 is 0. The van der Waals surface area contributed by atoms with E-state index in [1.54, 1.807) is 23.1 Å². The number of amides is 1. The molecule has 0 spiro atoms. The molecule has 2 rings (SSSR count). The zero-order chi connectivity index (χ0) is 16.8. The average Bonchev–Trinajstić information content (AvgIpc) is 2.49. The molecule has 23 heavy (non-hydrogen) atoms. The molecule has 9 heteroatoms. The third-order valence-electron chi connectivity index (χ3n) is 2.70. The zero-order valence-electron chi connectivity index (χ0n) is 12.8. The maximum absolute atomic E-state index is 11.9. The SMILES string of the molecule is CN(C)c1nc(N)nc(CSCC(=O)Nc2ccccc2Cl)n1. The van der Waals surface area contributed by atoms with Crippen molar-refractivity contribution >= 4 is 46.9 Å². The van der Waals surface area contributed by atoms with Gasteiger partial charge in [-0.1, -0.05) is 23.7 Å². The number of carbonyl (C=O) groups is 1. The Labute approximate surface area is 143 Å². The van der Waals surface area contributed by atoms with Gasteiger partial charge in [-0.25, -0.2) is 0 Å². The van der Waals surface area contributed by atoms with E-state index in [1.807, 2.05) is 20.2 Å². The second-order valence-corrected chi connectivity index (χ2v) is 6.22. The van der Waals surface area contributed by atoms with Crippen molar-refractivity contribution in [2.24, 2.45) is 0 Å². The molecule has 1 amide bonds. The molecule has 1 aromatic carbocycles. The zero-order valence-corrected chi connectivity index (χ0v) is 14.4. The normalized spacial score (nSPS) is 10.4. The first-order valence-corrected chi connectivity index (χ1v) is 8.29. The summed E-state index contributed by atoms with van der Waals surface area (Å²) in [6.07, 6.45) is 0. The fraction of sp³-hybridized carbons (Fsp3) is 0.286. The van der Waals surface area contributed by atoms with E-state index < -0.39 is 0 Å². The molecule has 0 unspecified atom stereocenters. The highest BCUT2D eigenvalue weighted by Crippen LogP contribution is 2.21. The van der Waals surface area contributed by atoms with Gasteiger partial charge in [-0.05, 0) is 12.1 Å². The lowest BCUT2D eigenvalue weighted by Gasteiger charge is -2.11. The second-order valence-electron chi connectivity index (χ2n) is 4.83. The number of carbonyl (C=O) groups excluding carboxylic acids is 1. The summed E-state index contributed by atoms with van der Waals surface area (Å²) in [5.74, 6) is 1.78. The molecule has 0 fully saturated rings. The van der Waals surface area contributed by atoms with Crippen LogP contribution >= 0.6 is 23.4 Å². The van der Waals surface area contributed by atoms with Gasteiger partial charge in [0.25, 0.3) is 0 Å². The number of nitrogens with one attached hydrogen (secondary N) is 1. The Morgan fingerprint density at radius 3 is 2.74 bits per heavy atom. The van der Waals surface area contributed by atoms with Crippen LogP contribution in [0.1, 0.15) is 5.82 Å². The van der Waals surface area contributed by atoms with Gasteiger partial charge in [0.15, 0.2) is 0 Å². The van der Waals surface area contributed by atoms with Crippen molar-refractivity contribution in [1.29, 1.82) is 0 Å². The highest BCUT2D eigenvalue weighted by molar-refractivity contribution is 7.99. The van der Waals surface area contributed by atoms with Crippen molar-refractivity contribution < 1.29 is 4.79 Å². The molecule has 0 saturated heterocycles. The molecule has 0 aliphatic carbocycles. The van der Waals surface area contributed by atoms with Gasteiger partial charge in [0.1, 0.15) is 5.82 Å². The second kappa shape index (κ2) is 7.98. The van der Waals surface area contributed by atoms with E-state index in [0.717, 1.165) is 0 Å². The van der Waals surface area contributed by atoms with Gasteiger partial charge in [-0.15, -0.1) is 11.8 Å². The molecule has 0 aliphatic heterocycles. The number of thioether (sulfide) groups is 1. The molecule has 0 atom stereocenters. The van der Waals surface area contributed by atoms with E-state index in [-0.39, 0.29) is 17.6 Å². The van der Waals surface area contributed by atoms with Crippen LogP contribution in [0.25, 0.3) is 0 Å². The predicted octanol–water partition coefficient (Wildman–Crippen LogP) is 2.05. The topological polar surface area (TPSA) is 97.0 Å². The van der Waals surface area contributed by atoms with Gasteiger partial charge in [0, 0.05) is 14.1 Å². The predicted molar refractivity (Wildman–Crippen MR) is 94.8 cm³/mol. The molecular formula is C14H17ClN6OS. The van der Waals surface area contributed by atoms with Gasteiger partial charge >= 0.3 is 0 Å². The van der Waals surface area contributed by atoms with Gasteiger partial charge in [0.05, 0.1) is 22.2 Å². The van der Waals surface area contributed by atoms with Crippen molar-refractivity contribution in [2.45, 2.75) is 5.75 Å². The lowest BCUT2D eigenvalue weighted by molar-refractivity contribution is -0.113. The third kappa shape index (κ3) is 5.26. The number of halogens is 1. The van der Waals surface area contributed by atoms with E-state index in [2.05, 4.69) is 20.3 Å². The summed E-state index contributed by atoms with van der Waals surface area (Å²) >= 11 is 7.38. The molecule has 2 aromatic rings. The number of nitrogens with two attached hydrogens (primary N) is 1. The number of para-hydroxylation sites is 1. The first kappa shape index (κ1) is 17.3. The van der Waals surface area contributed by atoms with Gasteiger partial charge < -0.3 is 16.0 Å². The van der Waals surface area contributed by atoms with Crippen molar-refractivity contribution in [3.05, 3.63) is 35.1 Å². The Balaban J connectivity index is 1.87. The summed E-state index contributed by atoms with van der Waals surface area (Å²) in [5.41, 5.74) is 6.25. The highest BCUT2D eigenvalue weighted by Gasteiger charge is 2.09. The van der Waals surface area contributed by atoms with Crippen LogP contribution in [0, 0.1) is 0 Å². The Kier molecular flexibility index (Phi) is 6.00. The highest BCUT2D eigenvalue weighted by atomic mass is 35.5. The molecule has 3 N–H and O–H groups in total. The Morgan fingerprint density at radius 1 is 1.30 bits per heavy atom. The molecule has 0 radical (unpaired) electrons. The molecule has 0 bridgehead atoms. The largest absolute Gasteiger partial charge is 0.368 e. The van der Waals surface area contributed by atoms with Crippen LogP contribution in [-0.2, 0) is 10.5 Å². The minimum Gasteiger partial charge on any atom is -0.368 e. The lowest BCUT2D eigenvalue weighted by Crippen LogP contribution is -2.17. The van der Waals surface area contributed by atoms with Gasteiger partial charge in [-0.2, -0.15) is 15.0 Å². The number of aromatic nitrogens is 3. The number of nitrogens with zero attached hydrogens (tertiary/aromatic N) is 4. The van der Waals surface area contributed by atoms with E-state index in [1.165, 1.54) is 11.8 Å². The first-order valence-electron chi connectivity index (χ1n) is 6.75. The molecule has 7 nitrogen and oxygen atoms in total. The van der Waals surface area contributed by atoms with Crippen molar-refractivity contribution in [3.63, 3.8) is 0 Å². The maximum atomic E-state index is 11.9. The van der Waals surface area contributed by atoms with Gasteiger partial charge in [0.2, 0.25) is 17.8 Å². The van der Waals surface area contributed by atoms with Crippen molar-refractivity contribution in [3.8, 4) is 0 Å². The Morgan fingerprint density at radius 2 is 2.04 bits per heavy atom. The van der Waals surface area contributed by atoms with E-state index in [0.29, 0.717) is 28.2 Å². The number of benzene rings is 1. The van der Waals surface area contributed by atoms with E-state index in [9.17, 15) is 4.79 Å². The summed E-state index contributed by atoms with van der Waals surface area (Å²) in [4.78, 5) is 26.0. The summed E-state index contributed by atoms with van der Waals surface area (Å²) in [5, 5.41) is 3.27. The smallest absolute Gasteiger partial charge is 0.234 e. The number of rotatable bonds is 6. The Hall–Kier alpha value is -2.06. The van der Waals surface area contributed by atoms with E-state index >= 15 is 0 Å². The van der Waals surface area contributed by atoms with Crippen LogP contribution in [0.3, 0.4) is 0 Å². The molecule has 1 heterocycles. The average molecular weight is 353 g/mol. The molecular weight excluding hydrogens is 336 g/mol. The number of nitrogen functional groups attached to an aromatic ring is 1. The number of anilines is 3. The number of hydrogen-bond acceptors (Lipinski definition) is 7. The monoisotopic (exact) mass is 352 g/mol. The van der Waals surface area contributed by atoms with Crippen LogP contribution < -0.4 is 16.0 Å². The van der Waals surface area contributed by atoms with Crippen LogP contribution in [0.4, 0.5) is 17.6 Å².